The van der Waals surface area contributed by atoms with Crippen LogP contribution >= 0.6 is 11.6 Å². The van der Waals surface area contributed by atoms with E-state index in [0.717, 1.165) is 35.8 Å². The molecule has 0 aliphatic rings. The van der Waals surface area contributed by atoms with Gasteiger partial charge in [-0.05, 0) is 25.2 Å². The maximum Gasteiger partial charge on any atom is 0.120 e. The van der Waals surface area contributed by atoms with Gasteiger partial charge in [0.15, 0.2) is 0 Å². The topological polar surface area (TPSA) is 49.9 Å². The van der Waals surface area contributed by atoms with Crippen molar-refractivity contribution in [1.29, 1.82) is 0 Å². The first kappa shape index (κ1) is 12.9. The van der Waals surface area contributed by atoms with Gasteiger partial charge in [0, 0.05) is 18.5 Å². The SMILES string of the molecule is CNCCc1ncc(-c2ccc(OC)cc2Cl)[nH]1. The van der Waals surface area contributed by atoms with E-state index in [1.807, 2.05) is 19.2 Å². The molecule has 2 aromatic rings. The molecule has 5 heteroatoms. The van der Waals surface area contributed by atoms with Crippen LogP contribution in [0, 0.1) is 0 Å². The molecule has 2 rings (SSSR count). The van der Waals surface area contributed by atoms with Crippen molar-refractivity contribution in [3.8, 4) is 17.0 Å². The van der Waals surface area contributed by atoms with Crippen molar-refractivity contribution >= 4 is 11.6 Å². The Morgan fingerprint density at radius 1 is 1.44 bits per heavy atom. The van der Waals surface area contributed by atoms with Gasteiger partial charge in [0.05, 0.1) is 24.0 Å². The minimum Gasteiger partial charge on any atom is -0.497 e. The molecule has 0 aliphatic carbocycles. The normalized spacial score (nSPS) is 10.6. The minimum absolute atomic E-state index is 0.651. The van der Waals surface area contributed by atoms with Gasteiger partial charge in [-0.15, -0.1) is 0 Å². The number of rotatable bonds is 5. The number of nitrogens with one attached hydrogen (secondary N) is 2. The van der Waals surface area contributed by atoms with E-state index in [9.17, 15) is 0 Å². The number of nitrogens with zero attached hydrogens (tertiary/aromatic N) is 1. The molecule has 0 saturated heterocycles. The molecule has 0 spiro atoms. The first-order valence-corrected chi connectivity index (χ1v) is 6.14. The zero-order valence-electron chi connectivity index (χ0n) is 10.5. The molecule has 0 unspecified atom stereocenters. The van der Waals surface area contributed by atoms with Crippen molar-refractivity contribution in [3.63, 3.8) is 0 Å². The lowest BCUT2D eigenvalue weighted by Gasteiger charge is -2.04. The number of methoxy groups -OCH3 is 1. The Morgan fingerprint density at radius 3 is 2.94 bits per heavy atom. The van der Waals surface area contributed by atoms with Crippen LogP contribution in [-0.4, -0.2) is 30.7 Å². The number of imidazole rings is 1. The van der Waals surface area contributed by atoms with Gasteiger partial charge in [-0.1, -0.05) is 11.6 Å². The summed E-state index contributed by atoms with van der Waals surface area (Å²) in [6.07, 6.45) is 2.67. The number of aromatic nitrogens is 2. The van der Waals surface area contributed by atoms with Gasteiger partial charge in [-0.3, -0.25) is 0 Å². The molecular formula is C13H16ClN3O. The number of benzene rings is 1. The van der Waals surface area contributed by atoms with E-state index < -0.39 is 0 Å². The second-order valence-electron chi connectivity index (χ2n) is 3.94. The Kier molecular flexibility index (Phi) is 4.23. The third-order valence-corrected chi connectivity index (χ3v) is 3.02. The number of hydrogen-bond donors (Lipinski definition) is 2. The predicted molar refractivity (Wildman–Crippen MR) is 73.2 cm³/mol. The lowest BCUT2D eigenvalue weighted by molar-refractivity contribution is 0.415. The fraction of sp³-hybridized carbons (Fsp3) is 0.308. The monoisotopic (exact) mass is 265 g/mol. The van der Waals surface area contributed by atoms with Crippen LogP contribution in [0.4, 0.5) is 0 Å². The van der Waals surface area contributed by atoms with E-state index in [-0.39, 0.29) is 0 Å². The summed E-state index contributed by atoms with van der Waals surface area (Å²) < 4.78 is 5.13. The Bertz CT molecular complexity index is 525. The molecule has 0 bridgehead atoms. The van der Waals surface area contributed by atoms with E-state index in [1.165, 1.54) is 0 Å². The maximum atomic E-state index is 6.22. The van der Waals surface area contributed by atoms with Gasteiger partial charge in [0.25, 0.3) is 0 Å². The van der Waals surface area contributed by atoms with Crippen LogP contribution in [0.3, 0.4) is 0 Å². The summed E-state index contributed by atoms with van der Waals surface area (Å²) in [6, 6.07) is 5.61. The standard InChI is InChI=1S/C13H16ClN3O/c1-15-6-5-13-16-8-12(17-13)10-4-3-9(18-2)7-11(10)14/h3-4,7-8,15H,5-6H2,1-2H3,(H,16,17). The van der Waals surface area contributed by atoms with Gasteiger partial charge in [0.1, 0.15) is 11.6 Å². The summed E-state index contributed by atoms with van der Waals surface area (Å²) in [5.41, 5.74) is 1.86. The molecule has 0 saturated carbocycles. The molecule has 1 aromatic heterocycles. The summed E-state index contributed by atoms with van der Waals surface area (Å²) in [6.45, 7) is 0.892. The third kappa shape index (κ3) is 2.83. The van der Waals surface area contributed by atoms with E-state index in [2.05, 4.69) is 15.3 Å². The van der Waals surface area contributed by atoms with Crippen LogP contribution in [-0.2, 0) is 6.42 Å². The number of ether oxygens (including phenoxy) is 1. The molecule has 96 valence electrons. The summed E-state index contributed by atoms with van der Waals surface area (Å²) in [5, 5.41) is 3.74. The third-order valence-electron chi connectivity index (χ3n) is 2.71. The second-order valence-corrected chi connectivity index (χ2v) is 4.35. The second kappa shape index (κ2) is 5.89. The van der Waals surface area contributed by atoms with Gasteiger partial charge >= 0.3 is 0 Å². The van der Waals surface area contributed by atoms with Gasteiger partial charge in [-0.25, -0.2) is 4.98 Å². The van der Waals surface area contributed by atoms with E-state index in [1.54, 1.807) is 19.4 Å². The molecule has 0 fully saturated rings. The van der Waals surface area contributed by atoms with Crippen molar-refractivity contribution in [2.45, 2.75) is 6.42 Å². The van der Waals surface area contributed by atoms with Crippen molar-refractivity contribution in [2.75, 3.05) is 20.7 Å². The number of aromatic amines is 1. The first-order valence-electron chi connectivity index (χ1n) is 5.77. The van der Waals surface area contributed by atoms with E-state index in [0.29, 0.717) is 5.02 Å². The highest BCUT2D eigenvalue weighted by molar-refractivity contribution is 6.33. The van der Waals surface area contributed by atoms with Crippen LogP contribution < -0.4 is 10.1 Å². The average Bonchev–Trinajstić information content (AvgIpc) is 2.84. The van der Waals surface area contributed by atoms with Crippen molar-refractivity contribution in [1.82, 2.24) is 15.3 Å². The Hall–Kier alpha value is -1.52. The lowest BCUT2D eigenvalue weighted by atomic mass is 10.1. The molecule has 0 aliphatic heterocycles. The number of hydrogen-bond acceptors (Lipinski definition) is 3. The highest BCUT2D eigenvalue weighted by Gasteiger charge is 2.08. The maximum absolute atomic E-state index is 6.22. The van der Waals surface area contributed by atoms with Crippen LogP contribution in [0.25, 0.3) is 11.3 Å². The molecule has 1 aromatic carbocycles. The van der Waals surface area contributed by atoms with Gasteiger partial charge < -0.3 is 15.0 Å². The number of halogens is 1. The van der Waals surface area contributed by atoms with Crippen LogP contribution in [0.2, 0.25) is 5.02 Å². The van der Waals surface area contributed by atoms with Crippen LogP contribution in [0.5, 0.6) is 5.75 Å². The molecule has 0 amide bonds. The molecule has 2 N–H and O–H groups in total. The quantitative estimate of drug-likeness (QED) is 0.873. The Morgan fingerprint density at radius 2 is 2.28 bits per heavy atom. The molecule has 1 heterocycles. The number of H-pyrrole nitrogens is 1. The summed E-state index contributed by atoms with van der Waals surface area (Å²) >= 11 is 6.22. The van der Waals surface area contributed by atoms with Crippen molar-refractivity contribution in [3.05, 3.63) is 35.2 Å². The lowest BCUT2D eigenvalue weighted by Crippen LogP contribution is -2.10. The van der Waals surface area contributed by atoms with Crippen LogP contribution in [0.1, 0.15) is 5.82 Å². The van der Waals surface area contributed by atoms with Crippen molar-refractivity contribution in [2.24, 2.45) is 0 Å². The average molecular weight is 266 g/mol. The summed E-state index contributed by atoms with van der Waals surface area (Å²) in [4.78, 5) is 7.59. The summed E-state index contributed by atoms with van der Waals surface area (Å²) in [7, 11) is 3.54. The number of likely N-dealkylation sites (N-methyl/N-ethyl adjacent to an activating group) is 1. The highest BCUT2D eigenvalue weighted by atomic mass is 35.5. The highest BCUT2D eigenvalue weighted by Crippen LogP contribution is 2.29. The van der Waals surface area contributed by atoms with E-state index in [4.69, 9.17) is 16.3 Å². The smallest absolute Gasteiger partial charge is 0.120 e. The fourth-order valence-electron chi connectivity index (χ4n) is 1.71. The minimum atomic E-state index is 0.651. The zero-order chi connectivity index (χ0) is 13.0. The Labute approximate surface area is 111 Å². The summed E-state index contributed by atoms with van der Waals surface area (Å²) in [5.74, 6) is 1.70. The first-order chi connectivity index (χ1) is 8.74. The molecule has 0 atom stereocenters. The van der Waals surface area contributed by atoms with Gasteiger partial charge in [-0.2, -0.15) is 0 Å². The molecular weight excluding hydrogens is 250 g/mol. The van der Waals surface area contributed by atoms with E-state index >= 15 is 0 Å². The molecule has 18 heavy (non-hydrogen) atoms. The largest absolute Gasteiger partial charge is 0.497 e. The van der Waals surface area contributed by atoms with Gasteiger partial charge in [0.2, 0.25) is 0 Å². The zero-order valence-corrected chi connectivity index (χ0v) is 11.2. The molecule has 0 radical (unpaired) electrons. The van der Waals surface area contributed by atoms with Crippen molar-refractivity contribution < 1.29 is 4.74 Å². The predicted octanol–water partition coefficient (Wildman–Crippen LogP) is 2.50. The Balaban J connectivity index is 2.23. The molecule has 4 nitrogen and oxygen atoms in total. The fourth-order valence-corrected chi connectivity index (χ4v) is 1.98. The van der Waals surface area contributed by atoms with Crippen LogP contribution in [0.15, 0.2) is 24.4 Å².